The van der Waals surface area contributed by atoms with Crippen molar-refractivity contribution < 1.29 is 9.26 Å². The summed E-state index contributed by atoms with van der Waals surface area (Å²) >= 11 is 0. The Kier molecular flexibility index (Phi) is 4.64. The summed E-state index contributed by atoms with van der Waals surface area (Å²) in [6, 6.07) is 0.239. The van der Waals surface area contributed by atoms with Crippen LogP contribution in [0.1, 0.15) is 25.1 Å². The molecule has 2 aromatic rings. The zero-order valence-corrected chi connectivity index (χ0v) is 11.7. The van der Waals surface area contributed by atoms with Gasteiger partial charge < -0.3 is 19.9 Å². The van der Waals surface area contributed by atoms with Gasteiger partial charge in [0.25, 0.3) is 0 Å². The van der Waals surface area contributed by atoms with Crippen LogP contribution in [0.3, 0.4) is 0 Å². The molecule has 2 heterocycles. The van der Waals surface area contributed by atoms with E-state index in [2.05, 4.69) is 42.6 Å². The molecule has 0 saturated carbocycles. The van der Waals surface area contributed by atoms with E-state index in [1.165, 1.54) is 7.11 Å². The summed E-state index contributed by atoms with van der Waals surface area (Å²) in [4.78, 5) is 16.5. The van der Waals surface area contributed by atoms with Crippen molar-refractivity contribution in [3.63, 3.8) is 0 Å². The largest absolute Gasteiger partial charge is 0.467 e. The van der Waals surface area contributed by atoms with Gasteiger partial charge >= 0.3 is 6.01 Å². The molecule has 20 heavy (non-hydrogen) atoms. The van der Waals surface area contributed by atoms with Crippen molar-refractivity contribution in [3.8, 4) is 6.01 Å². The molecule has 2 aromatic heterocycles. The van der Waals surface area contributed by atoms with Crippen molar-refractivity contribution in [2.75, 3.05) is 24.3 Å². The monoisotopic (exact) mass is 279 g/mol. The lowest BCUT2D eigenvalue weighted by Gasteiger charge is -2.07. The molecule has 0 aliphatic carbocycles. The van der Waals surface area contributed by atoms with Crippen molar-refractivity contribution in [1.29, 1.82) is 0 Å². The number of nitrogens with one attached hydrogen (secondary N) is 2. The standard InChI is InChI=1S/C11H17N7O2/c1-4-5-12-9-15-10(17-11(16-9)19-3)13-6-8-14-7(2)18-20-8/h4-6H2,1-3H3,(H2,12,13,15,16,17). The number of anilines is 2. The number of hydrogen-bond donors (Lipinski definition) is 2. The zero-order valence-electron chi connectivity index (χ0n) is 11.7. The van der Waals surface area contributed by atoms with Gasteiger partial charge in [0.15, 0.2) is 5.82 Å². The van der Waals surface area contributed by atoms with Gasteiger partial charge in [0.05, 0.1) is 13.7 Å². The predicted octanol–water partition coefficient (Wildman–Crippen LogP) is 1.01. The predicted molar refractivity (Wildman–Crippen MR) is 71.5 cm³/mol. The maximum atomic E-state index is 5.04. The summed E-state index contributed by atoms with van der Waals surface area (Å²) in [6.45, 7) is 4.92. The van der Waals surface area contributed by atoms with Crippen molar-refractivity contribution in [2.24, 2.45) is 0 Å². The van der Waals surface area contributed by atoms with E-state index >= 15 is 0 Å². The molecular formula is C11H17N7O2. The van der Waals surface area contributed by atoms with Gasteiger partial charge in [-0.15, -0.1) is 0 Å². The van der Waals surface area contributed by atoms with Crippen molar-refractivity contribution in [3.05, 3.63) is 11.7 Å². The minimum absolute atomic E-state index is 0.239. The Hall–Kier alpha value is -2.45. The Morgan fingerprint density at radius 1 is 1.10 bits per heavy atom. The van der Waals surface area contributed by atoms with Crippen LogP contribution in [0.2, 0.25) is 0 Å². The Morgan fingerprint density at radius 3 is 2.45 bits per heavy atom. The average molecular weight is 279 g/mol. The van der Waals surface area contributed by atoms with Gasteiger partial charge in [-0.2, -0.15) is 19.9 Å². The molecule has 0 fully saturated rings. The average Bonchev–Trinajstić information content (AvgIpc) is 2.88. The molecule has 2 rings (SSSR count). The van der Waals surface area contributed by atoms with E-state index < -0.39 is 0 Å². The molecule has 0 atom stereocenters. The summed E-state index contributed by atoms with van der Waals surface area (Å²) < 4.78 is 10.0. The van der Waals surface area contributed by atoms with E-state index in [9.17, 15) is 0 Å². The summed E-state index contributed by atoms with van der Waals surface area (Å²) in [5.74, 6) is 1.89. The number of methoxy groups -OCH3 is 1. The van der Waals surface area contributed by atoms with E-state index in [1.54, 1.807) is 6.92 Å². The summed E-state index contributed by atoms with van der Waals surface area (Å²) in [7, 11) is 1.50. The van der Waals surface area contributed by atoms with Crippen molar-refractivity contribution in [2.45, 2.75) is 26.8 Å². The summed E-state index contributed by atoms with van der Waals surface area (Å²) in [5.41, 5.74) is 0. The van der Waals surface area contributed by atoms with Gasteiger partial charge in [-0.05, 0) is 13.3 Å². The lowest BCUT2D eigenvalue weighted by atomic mass is 10.5. The molecule has 0 aliphatic rings. The summed E-state index contributed by atoms with van der Waals surface area (Å²) in [5, 5.41) is 9.77. The van der Waals surface area contributed by atoms with E-state index in [-0.39, 0.29) is 6.01 Å². The van der Waals surface area contributed by atoms with Crippen LogP contribution in [0.5, 0.6) is 6.01 Å². The van der Waals surface area contributed by atoms with Crippen LogP contribution in [0, 0.1) is 6.92 Å². The molecule has 0 aliphatic heterocycles. The van der Waals surface area contributed by atoms with Gasteiger partial charge in [-0.3, -0.25) is 0 Å². The Labute approximate surface area is 116 Å². The van der Waals surface area contributed by atoms with Crippen LogP contribution in [0.25, 0.3) is 0 Å². The molecule has 0 aromatic carbocycles. The highest BCUT2D eigenvalue weighted by molar-refractivity contribution is 5.35. The Balaban J connectivity index is 2.05. The Morgan fingerprint density at radius 2 is 1.85 bits per heavy atom. The van der Waals surface area contributed by atoms with Gasteiger partial charge in [-0.1, -0.05) is 12.1 Å². The number of nitrogens with zero attached hydrogens (tertiary/aromatic N) is 5. The zero-order chi connectivity index (χ0) is 14.4. The molecule has 108 valence electrons. The second kappa shape index (κ2) is 6.64. The lowest BCUT2D eigenvalue weighted by Crippen LogP contribution is -2.10. The molecule has 0 saturated heterocycles. The minimum atomic E-state index is 0.239. The quantitative estimate of drug-likeness (QED) is 0.766. The molecular weight excluding hydrogens is 262 g/mol. The number of rotatable bonds is 7. The highest BCUT2D eigenvalue weighted by atomic mass is 16.5. The summed E-state index contributed by atoms with van der Waals surface area (Å²) in [6.07, 6.45) is 0.970. The molecule has 9 nitrogen and oxygen atoms in total. The fraction of sp³-hybridized carbons (Fsp3) is 0.545. The van der Waals surface area contributed by atoms with E-state index in [0.29, 0.717) is 30.2 Å². The van der Waals surface area contributed by atoms with Crippen LogP contribution >= 0.6 is 0 Å². The molecule has 0 radical (unpaired) electrons. The van der Waals surface area contributed by atoms with Gasteiger partial charge in [0, 0.05) is 6.54 Å². The van der Waals surface area contributed by atoms with Crippen LogP contribution in [-0.2, 0) is 6.54 Å². The maximum Gasteiger partial charge on any atom is 0.322 e. The van der Waals surface area contributed by atoms with Gasteiger partial charge in [0.2, 0.25) is 17.8 Å². The second-order valence-corrected chi connectivity index (χ2v) is 3.98. The first kappa shape index (κ1) is 14.0. The van der Waals surface area contributed by atoms with E-state index in [4.69, 9.17) is 9.26 Å². The minimum Gasteiger partial charge on any atom is -0.467 e. The first-order chi connectivity index (χ1) is 9.71. The number of hydrogen-bond acceptors (Lipinski definition) is 9. The maximum absolute atomic E-state index is 5.04. The van der Waals surface area contributed by atoms with Crippen molar-refractivity contribution in [1.82, 2.24) is 25.1 Å². The van der Waals surface area contributed by atoms with Crippen LogP contribution in [-0.4, -0.2) is 38.7 Å². The third kappa shape index (κ3) is 3.77. The van der Waals surface area contributed by atoms with Crippen LogP contribution in [0.4, 0.5) is 11.9 Å². The number of aryl methyl sites for hydroxylation is 1. The molecule has 2 N–H and O–H groups in total. The van der Waals surface area contributed by atoms with E-state index in [0.717, 1.165) is 13.0 Å². The molecule has 0 amide bonds. The molecule has 0 bridgehead atoms. The first-order valence-electron chi connectivity index (χ1n) is 6.28. The topological polar surface area (TPSA) is 111 Å². The molecule has 0 spiro atoms. The lowest BCUT2D eigenvalue weighted by molar-refractivity contribution is 0.376. The number of ether oxygens (including phenoxy) is 1. The van der Waals surface area contributed by atoms with Gasteiger partial charge in [-0.25, -0.2) is 0 Å². The number of aromatic nitrogens is 5. The third-order valence-corrected chi connectivity index (χ3v) is 2.30. The molecule has 9 heteroatoms. The smallest absolute Gasteiger partial charge is 0.322 e. The molecule has 0 unspecified atom stereocenters. The second-order valence-electron chi connectivity index (χ2n) is 3.98. The SMILES string of the molecule is CCCNc1nc(NCc2nc(C)no2)nc(OC)n1. The van der Waals surface area contributed by atoms with E-state index in [1.807, 2.05) is 0 Å². The fourth-order valence-electron chi connectivity index (χ4n) is 1.41. The Bertz CT molecular complexity index is 557. The van der Waals surface area contributed by atoms with Crippen molar-refractivity contribution >= 4 is 11.9 Å². The van der Waals surface area contributed by atoms with Crippen LogP contribution in [0.15, 0.2) is 4.52 Å². The highest BCUT2D eigenvalue weighted by Gasteiger charge is 2.08. The van der Waals surface area contributed by atoms with Crippen LogP contribution < -0.4 is 15.4 Å². The first-order valence-corrected chi connectivity index (χ1v) is 6.28. The fourth-order valence-corrected chi connectivity index (χ4v) is 1.41. The van der Waals surface area contributed by atoms with Gasteiger partial charge in [0.1, 0.15) is 0 Å². The normalized spacial score (nSPS) is 10.3. The highest BCUT2D eigenvalue weighted by Crippen LogP contribution is 2.11. The third-order valence-electron chi connectivity index (χ3n) is 2.30.